The molecule has 0 aliphatic carbocycles. The summed E-state index contributed by atoms with van der Waals surface area (Å²) in [6.45, 7) is 8.35. The summed E-state index contributed by atoms with van der Waals surface area (Å²) < 4.78 is 26.5. The zero-order valence-electron chi connectivity index (χ0n) is 34.9. The topological polar surface area (TPSA) is 176 Å². The van der Waals surface area contributed by atoms with E-state index < -0.39 is 58.7 Å². The fraction of sp³-hybridized carbons (Fsp3) is 0.364. The van der Waals surface area contributed by atoms with Gasteiger partial charge < -0.3 is 39.2 Å². The van der Waals surface area contributed by atoms with E-state index in [-0.39, 0.29) is 30.5 Å². The van der Waals surface area contributed by atoms with Crippen LogP contribution >= 0.6 is 23.1 Å². The van der Waals surface area contributed by atoms with E-state index in [4.69, 9.17) is 33.5 Å². The molecule has 3 unspecified atom stereocenters. The highest BCUT2D eigenvalue weighted by atomic mass is 32.2. The molecule has 322 valence electrons. The number of fused-ring (bicyclic) bond motifs is 1. The molecule has 2 aliphatic heterocycles. The van der Waals surface area contributed by atoms with Crippen LogP contribution in [0, 0.1) is 5.41 Å². The van der Waals surface area contributed by atoms with E-state index in [0.717, 1.165) is 16.7 Å². The van der Waals surface area contributed by atoms with Gasteiger partial charge in [0.25, 0.3) is 11.8 Å². The first kappa shape index (κ1) is 44.8. The number of thioether (sulfide) groups is 1. The molecule has 0 bridgehead atoms. The lowest BCUT2D eigenvalue weighted by molar-refractivity contribution is -0.177. The van der Waals surface area contributed by atoms with Crippen LogP contribution in [0.25, 0.3) is 0 Å². The monoisotopic (exact) mass is 871 g/mol. The van der Waals surface area contributed by atoms with E-state index in [9.17, 15) is 19.2 Å². The molecule has 17 heteroatoms. The summed E-state index contributed by atoms with van der Waals surface area (Å²) in [5.41, 5.74) is 1.70. The quantitative estimate of drug-likeness (QED) is 0.0288. The van der Waals surface area contributed by atoms with Crippen LogP contribution in [0.5, 0.6) is 0 Å². The highest BCUT2D eigenvalue weighted by molar-refractivity contribution is 8.00. The molecule has 2 aliphatic rings. The number of oxime groups is 1. The van der Waals surface area contributed by atoms with Crippen LogP contribution < -0.4 is 10.6 Å². The number of hydrogen-bond acceptors (Lipinski definition) is 15. The third kappa shape index (κ3) is 10.2. The summed E-state index contributed by atoms with van der Waals surface area (Å²) in [7, 11) is 2.99. The highest BCUT2D eigenvalue weighted by Crippen LogP contribution is 2.42. The Morgan fingerprint density at radius 1 is 0.885 bits per heavy atom. The lowest BCUT2D eigenvalue weighted by Crippen LogP contribution is -2.70. The number of rotatable bonds is 17. The number of nitrogens with zero attached hydrogens (tertiary/aromatic N) is 3. The van der Waals surface area contributed by atoms with Crippen LogP contribution in [0.15, 0.2) is 113 Å². The summed E-state index contributed by atoms with van der Waals surface area (Å²) >= 11 is 2.63. The minimum absolute atomic E-state index is 0.0474. The van der Waals surface area contributed by atoms with Crippen LogP contribution in [0.3, 0.4) is 0 Å². The van der Waals surface area contributed by atoms with Crippen LogP contribution in [0.4, 0.5) is 9.93 Å². The Kier molecular flexibility index (Phi) is 14.5. The van der Waals surface area contributed by atoms with Gasteiger partial charge in [0.15, 0.2) is 10.8 Å². The first-order valence-corrected chi connectivity index (χ1v) is 21.4. The predicted octanol–water partition coefficient (Wildman–Crippen LogP) is 6.65. The Bertz CT molecular complexity index is 2130. The van der Waals surface area contributed by atoms with Gasteiger partial charge in [-0.25, -0.2) is 9.78 Å². The third-order valence-electron chi connectivity index (χ3n) is 9.53. The number of ether oxygens (including phenoxy) is 5. The summed E-state index contributed by atoms with van der Waals surface area (Å²) in [6.07, 6.45) is -2.98. The molecule has 61 heavy (non-hydrogen) atoms. The van der Waals surface area contributed by atoms with E-state index in [1.54, 1.807) is 33.1 Å². The van der Waals surface area contributed by atoms with Gasteiger partial charge in [-0.15, -0.1) is 23.1 Å². The second-order valence-corrected chi connectivity index (χ2v) is 17.2. The first-order valence-electron chi connectivity index (χ1n) is 19.5. The maximum absolute atomic E-state index is 14.2. The Morgan fingerprint density at radius 3 is 2.02 bits per heavy atom. The average molecular weight is 872 g/mol. The molecule has 3 heterocycles. The number of aromatic nitrogens is 1. The predicted molar refractivity (Wildman–Crippen MR) is 230 cm³/mol. The molecule has 2 N–H and O–H groups in total. The van der Waals surface area contributed by atoms with Crippen molar-refractivity contribution in [3.8, 4) is 0 Å². The number of nitrogens with one attached hydrogen (secondary N) is 2. The Labute approximate surface area is 362 Å². The number of anilines is 1. The molecule has 0 spiro atoms. The fourth-order valence-corrected chi connectivity index (χ4v) is 8.65. The van der Waals surface area contributed by atoms with Gasteiger partial charge in [-0.3, -0.25) is 19.3 Å². The van der Waals surface area contributed by atoms with Crippen molar-refractivity contribution in [1.82, 2.24) is 15.2 Å². The molecule has 2 amide bonds. The second-order valence-electron chi connectivity index (χ2n) is 15.2. The normalized spacial score (nSPS) is 17.7. The van der Waals surface area contributed by atoms with Crippen molar-refractivity contribution < 1.29 is 47.7 Å². The van der Waals surface area contributed by atoms with Gasteiger partial charge in [-0.2, -0.15) is 0 Å². The van der Waals surface area contributed by atoms with Crippen molar-refractivity contribution in [2.24, 2.45) is 10.6 Å². The molecule has 1 saturated heterocycles. The minimum atomic E-state index is -1.27. The molecule has 1 fully saturated rings. The standard InChI is InChI=1S/C44H49N5O10S2/c1-27(23-54-6)59-48-34(33-26-61-41(45-33)47-44(30-17-11-8-12-18-30,31-19-13-9-14-20-31)32-21-15-10-16-22-32)36(50)46-35-37(51)49-38(29(24-55-7)25-60-39(35)49)58-42(53)57-28(2)56-40(52)43(3,4)5/h8-22,26-28,35,39H,23-25H2,1-7H3,(H,45,47)(H,46,50)/b48-34-/t27?,28?,35?,39-/m0/s1. The number of amides is 2. The maximum atomic E-state index is 14.2. The number of benzene rings is 3. The highest BCUT2D eigenvalue weighted by Gasteiger charge is 2.54. The number of carbonyl (C=O) groups is 4. The van der Waals surface area contributed by atoms with E-state index in [0.29, 0.717) is 16.5 Å². The maximum Gasteiger partial charge on any atom is 0.518 e. The summed E-state index contributed by atoms with van der Waals surface area (Å²) in [4.78, 5) is 65.1. The average Bonchev–Trinajstić information content (AvgIpc) is 3.70. The zero-order valence-corrected chi connectivity index (χ0v) is 36.5. The zero-order chi connectivity index (χ0) is 43.7. The largest absolute Gasteiger partial charge is 0.518 e. The van der Waals surface area contributed by atoms with Crippen molar-refractivity contribution >= 4 is 57.9 Å². The molecule has 4 aromatic rings. The summed E-state index contributed by atoms with van der Waals surface area (Å²) in [5, 5.41) is 12.3. The summed E-state index contributed by atoms with van der Waals surface area (Å²) in [5.74, 6) is -1.63. The van der Waals surface area contributed by atoms with E-state index >= 15 is 0 Å². The molecule has 3 aromatic carbocycles. The van der Waals surface area contributed by atoms with Gasteiger partial charge in [0.1, 0.15) is 28.8 Å². The van der Waals surface area contributed by atoms with Gasteiger partial charge in [0.05, 0.1) is 18.6 Å². The number of β-lactam (4-membered cyclic amide) rings is 1. The third-order valence-corrected chi connectivity index (χ3v) is 11.6. The molecular formula is C44H49N5O10S2. The SMILES string of the molecule is COCC1=C(OC(=O)OC(C)OC(=O)C(C)(C)C)N2C(=O)C(NC(=O)/C(=N\OC(C)COC)c3csc(NC(c4ccccc4)(c4ccccc4)c4ccccc4)n3)[C@@H]2SC1. The van der Waals surface area contributed by atoms with Crippen molar-refractivity contribution in [3.63, 3.8) is 0 Å². The fourth-order valence-electron chi connectivity index (χ4n) is 6.59. The van der Waals surface area contributed by atoms with E-state index in [1.165, 1.54) is 49.1 Å². The van der Waals surface area contributed by atoms with Crippen LogP contribution in [0.1, 0.15) is 57.0 Å². The van der Waals surface area contributed by atoms with Crippen LogP contribution in [-0.2, 0) is 48.4 Å². The molecule has 1 aromatic heterocycles. The minimum Gasteiger partial charge on any atom is -0.425 e. The number of hydrogen-bond donors (Lipinski definition) is 2. The van der Waals surface area contributed by atoms with Gasteiger partial charge in [0, 0.05) is 37.8 Å². The molecule has 4 atom stereocenters. The van der Waals surface area contributed by atoms with E-state index in [1.807, 2.05) is 91.0 Å². The van der Waals surface area contributed by atoms with Crippen LogP contribution in [0.2, 0.25) is 0 Å². The number of carbonyl (C=O) groups excluding carboxylic acids is 4. The molecule has 0 saturated carbocycles. The first-order chi connectivity index (χ1) is 29.3. The lowest BCUT2D eigenvalue weighted by Gasteiger charge is -2.49. The Morgan fingerprint density at radius 2 is 1.48 bits per heavy atom. The number of methoxy groups -OCH3 is 2. The van der Waals surface area contributed by atoms with Crippen molar-refractivity contribution in [2.75, 3.05) is 38.5 Å². The number of thiazole rings is 1. The Hall–Kier alpha value is -5.75. The van der Waals surface area contributed by atoms with Gasteiger partial charge in [0.2, 0.25) is 12.2 Å². The van der Waals surface area contributed by atoms with Crippen LogP contribution in [-0.4, -0.2) is 96.5 Å². The van der Waals surface area contributed by atoms with Crippen molar-refractivity contribution in [3.05, 3.63) is 130 Å². The lowest BCUT2D eigenvalue weighted by atomic mass is 9.77. The second kappa shape index (κ2) is 19.8. The van der Waals surface area contributed by atoms with Gasteiger partial charge >= 0.3 is 12.1 Å². The van der Waals surface area contributed by atoms with Gasteiger partial charge in [-0.1, -0.05) is 96.2 Å². The molecule has 6 rings (SSSR count). The smallest absolute Gasteiger partial charge is 0.425 e. The van der Waals surface area contributed by atoms with E-state index in [2.05, 4.69) is 15.8 Å². The van der Waals surface area contributed by atoms with Crippen molar-refractivity contribution in [1.29, 1.82) is 0 Å². The van der Waals surface area contributed by atoms with Crippen molar-refractivity contribution in [2.45, 2.75) is 64.0 Å². The Balaban J connectivity index is 1.25. The summed E-state index contributed by atoms with van der Waals surface area (Å²) in [6, 6.07) is 29.0. The number of esters is 1. The van der Waals surface area contributed by atoms with Gasteiger partial charge in [-0.05, 0) is 44.4 Å². The molecular weight excluding hydrogens is 823 g/mol. The molecule has 15 nitrogen and oxygen atoms in total. The molecule has 0 radical (unpaired) electrons.